The van der Waals surface area contributed by atoms with Crippen molar-refractivity contribution in [2.24, 2.45) is 5.92 Å². The monoisotopic (exact) mass is 493 g/mol. The van der Waals surface area contributed by atoms with E-state index in [1.165, 1.54) is 38.1 Å². The molecule has 0 bridgehead atoms. The SMILES string of the molecule is CC(=O)Oc1ccc([C@@H]2C(CC[C@H](OC(C)=O)c3ccc(F)cc3)C(=O)N2c2ccc(F)cc2)cc1. The molecule has 8 heteroatoms. The fourth-order valence-electron chi connectivity index (χ4n) is 4.50. The van der Waals surface area contributed by atoms with Crippen LogP contribution < -0.4 is 9.64 Å². The molecule has 1 amide bonds. The van der Waals surface area contributed by atoms with Gasteiger partial charge in [-0.15, -0.1) is 0 Å². The molecule has 1 saturated heterocycles. The lowest BCUT2D eigenvalue weighted by Crippen LogP contribution is -2.55. The van der Waals surface area contributed by atoms with Gasteiger partial charge in [0.1, 0.15) is 23.5 Å². The summed E-state index contributed by atoms with van der Waals surface area (Å²) in [5, 5.41) is 0. The number of rotatable bonds is 8. The Morgan fingerprint density at radius 1 is 0.861 bits per heavy atom. The Morgan fingerprint density at radius 2 is 1.44 bits per heavy atom. The standard InChI is InChI=1S/C28H25F2NO5/c1-17(32)35-24-13-5-20(6-14-24)27-25(28(34)31(27)23-11-9-22(30)10-12-23)15-16-26(36-18(2)33)19-3-7-21(29)8-4-19/h3-14,25-27H,15-16H2,1-2H3/t25?,26-,27+/m0/s1. The topological polar surface area (TPSA) is 72.9 Å². The van der Waals surface area contributed by atoms with Gasteiger partial charge in [-0.1, -0.05) is 24.3 Å². The van der Waals surface area contributed by atoms with Crippen molar-refractivity contribution in [3.63, 3.8) is 0 Å². The normalized spacial score (nSPS) is 17.8. The van der Waals surface area contributed by atoms with E-state index in [2.05, 4.69) is 0 Å². The number of carbonyl (C=O) groups is 3. The second-order valence-corrected chi connectivity index (χ2v) is 8.63. The largest absolute Gasteiger partial charge is 0.458 e. The third kappa shape index (κ3) is 5.59. The first kappa shape index (κ1) is 25.0. The van der Waals surface area contributed by atoms with E-state index in [1.54, 1.807) is 53.4 Å². The minimum Gasteiger partial charge on any atom is -0.458 e. The fourth-order valence-corrected chi connectivity index (χ4v) is 4.50. The zero-order valence-electron chi connectivity index (χ0n) is 19.8. The summed E-state index contributed by atoms with van der Waals surface area (Å²) in [6.07, 6.45) is 0.103. The molecule has 1 fully saturated rings. The predicted octanol–water partition coefficient (Wildman–Crippen LogP) is 5.68. The molecule has 36 heavy (non-hydrogen) atoms. The van der Waals surface area contributed by atoms with E-state index in [9.17, 15) is 23.2 Å². The zero-order chi connectivity index (χ0) is 25.8. The van der Waals surface area contributed by atoms with E-state index in [4.69, 9.17) is 9.47 Å². The number of hydrogen-bond acceptors (Lipinski definition) is 5. The zero-order valence-corrected chi connectivity index (χ0v) is 19.8. The van der Waals surface area contributed by atoms with Crippen LogP contribution in [-0.4, -0.2) is 17.8 Å². The van der Waals surface area contributed by atoms with Gasteiger partial charge in [-0.05, 0) is 72.5 Å². The molecule has 0 aliphatic carbocycles. The number of benzene rings is 3. The van der Waals surface area contributed by atoms with Crippen LogP contribution >= 0.6 is 0 Å². The molecule has 0 aromatic heterocycles. The molecule has 3 aromatic rings. The summed E-state index contributed by atoms with van der Waals surface area (Å²) >= 11 is 0. The maximum Gasteiger partial charge on any atom is 0.308 e. The van der Waals surface area contributed by atoms with Gasteiger partial charge in [0, 0.05) is 19.5 Å². The second-order valence-electron chi connectivity index (χ2n) is 8.63. The summed E-state index contributed by atoms with van der Waals surface area (Å²) in [6.45, 7) is 2.61. The Kier molecular flexibility index (Phi) is 7.43. The predicted molar refractivity (Wildman–Crippen MR) is 128 cm³/mol. The van der Waals surface area contributed by atoms with E-state index in [0.717, 1.165) is 5.56 Å². The van der Waals surface area contributed by atoms with Gasteiger partial charge in [0.05, 0.1) is 12.0 Å². The van der Waals surface area contributed by atoms with Crippen LogP contribution in [0.25, 0.3) is 0 Å². The van der Waals surface area contributed by atoms with Crippen LogP contribution in [0.1, 0.15) is 50.0 Å². The number of β-lactam (4-membered cyclic amide) rings is 1. The maximum absolute atomic E-state index is 13.5. The summed E-state index contributed by atoms with van der Waals surface area (Å²) in [6, 6.07) is 17.9. The average Bonchev–Trinajstić information content (AvgIpc) is 2.83. The van der Waals surface area contributed by atoms with Crippen molar-refractivity contribution in [3.8, 4) is 5.75 Å². The summed E-state index contributed by atoms with van der Waals surface area (Å²) < 4.78 is 37.5. The Balaban J connectivity index is 1.59. The minimum absolute atomic E-state index is 0.142. The first-order valence-electron chi connectivity index (χ1n) is 11.5. The van der Waals surface area contributed by atoms with Crippen LogP contribution in [0.3, 0.4) is 0 Å². The van der Waals surface area contributed by atoms with Crippen molar-refractivity contribution in [2.45, 2.75) is 38.8 Å². The van der Waals surface area contributed by atoms with E-state index < -0.39 is 35.6 Å². The first-order chi connectivity index (χ1) is 17.2. The molecular weight excluding hydrogens is 468 g/mol. The summed E-state index contributed by atoms with van der Waals surface area (Å²) in [5.41, 5.74) is 2.00. The van der Waals surface area contributed by atoms with E-state index in [1.807, 2.05) is 0 Å². The lowest BCUT2D eigenvalue weighted by Gasteiger charge is -2.48. The maximum atomic E-state index is 13.5. The summed E-state index contributed by atoms with van der Waals surface area (Å²) in [5.74, 6) is -1.92. The third-order valence-corrected chi connectivity index (χ3v) is 6.09. The molecule has 0 radical (unpaired) electrons. The van der Waals surface area contributed by atoms with Gasteiger partial charge in [0.2, 0.25) is 5.91 Å². The van der Waals surface area contributed by atoms with Crippen molar-refractivity contribution in [3.05, 3.63) is 95.6 Å². The molecule has 3 aromatic carbocycles. The molecule has 0 saturated carbocycles. The molecule has 1 aliphatic heterocycles. The Morgan fingerprint density at radius 3 is 2.00 bits per heavy atom. The number of halogens is 2. The van der Waals surface area contributed by atoms with Crippen LogP contribution in [-0.2, 0) is 19.1 Å². The van der Waals surface area contributed by atoms with Crippen molar-refractivity contribution in [2.75, 3.05) is 4.90 Å². The molecule has 186 valence electrons. The Labute approximate surface area is 207 Å². The molecule has 4 rings (SSSR count). The van der Waals surface area contributed by atoms with Crippen LogP contribution in [0, 0.1) is 17.6 Å². The molecule has 1 heterocycles. The number of nitrogens with zero attached hydrogens (tertiary/aromatic N) is 1. The highest BCUT2D eigenvalue weighted by atomic mass is 19.1. The van der Waals surface area contributed by atoms with E-state index >= 15 is 0 Å². The first-order valence-corrected chi connectivity index (χ1v) is 11.5. The number of carbonyl (C=O) groups excluding carboxylic acids is 3. The summed E-state index contributed by atoms with van der Waals surface area (Å²) in [4.78, 5) is 37.8. The van der Waals surface area contributed by atoms with Gasteiger partial charge < -0.3 is 14.4 Å². The van der Waals surface area contributed by atoms with Gasteiger partial charge in [0.15, 0.2) is 0 Å². The number of ether oxygens (including phenoxy) is 2. The minimum atomic E-state index is -0.636. The van der Waals surface area contributed by atoms with Gasteiger partial charge in [-0.3, -0.25) is 14.4 Å². The number of amides is 1. The molecular formula is C28H25F2NO5. The van der Waals surface area contributed by atoms with Crippen LogP contribution in [0.4, 0.5) is 14.5 Å². The van der Waals surface area contributed by atoms with Crippen LogP contribution in [0.2, 0.25) is 0 Å². The van der Waals surface area contributed by atoms with Crippen LogP contribution in [0.5, 0.6) is 5.75 Å². The highest BCUT2D eigenvalue weighted by Crippen LogP contribution is 2.46. The lowest BCUT2D eigenvalue weighted by atomic mass is 9.78. The highest BCUT2D eigenvalue weighted by molar-refractivity contribution is 6.03. The van der Waals surface area contributed by atoms with E-state index in [-0.39, 0.29) is 11.9 Å². The highest BCUT2D eigenvalue weighted by Gasteiger charge is 2.48. The molecule has 3 atom stereocenters. The average molecular weight is 494 g/mol. The lowest BCUT2D eigenvalue weighted by molar-refractivity contribution is -0.147. The second kappa shape index (κ2) is 10.7. The van der Waals surface area contributed by atoms with Crippen LogP contribution in [0.15, 0.2) is 72.8 Å². The quantitative estimate of drug-likeness (QED) is 0.229. The number of hydrogen-bond donors (Lipinski definition) is 0. The smallest absolute Gasteiger partial charge is 0.308 e. The van der Waals surface area contributed by atoms with Crippen molar-refractivity contribution in [1.29, 1.82) is 0 Å². The molecule has 1 unspecified atom stereocenters. The Hall–Kier alpha value is -4.07. The molecule has 6 nitrogen and oxygen atoms in total. The number of esters is 2. The van der Waals surface area contributed by atoms with Crippen molar-refractivity contribution < 1.29 is 32.6 Å². The fraction of sp³-hybridized carbons (Fsp3) is 0.250. The van der Waals surface area contributed by atoms with Crippen molar-refractivity contribution >= 4 is 23.5 Å². The van der Waals surface area contributed by atoms with E-state index in [0.29, 0.717) is 29.8 Å². The molecule has 0 spiro atoms. The summed E-state index contributed by atoms with van der Waals surface area (Å²) in [7, 11) is 0. The van der Waals surface area contributed by atoms with Crippen molar-refractivity contribution in [1.82, 2.24) is 0 Å². The van der Waals surface area contributed by atoms with Gasteiger partial charge >= 0.3 is 11.9 Å². The number of anilines is 1. The molecule has 1 aliphatic rings. The van der Waals surface area contributed by atoms with Gasteiger partial charge in [-0.25, -0.2) is 8.78 Å². The molecule has 0 N–H and O–H groups in total. The van der Waals surface area contributed by atoms with Gasteiger partial charge in [0.25, 0.3) is 0 Å². The van der Waals surface area contributed by atoms with Gasteiger partial charge in [-0.2, -0.15) is 0 Å². The Bertz CT molecular complexity index is 1240. The third-order valence-electron chi connectivity index (χ3n) is 6.09.